The minimum Gasteiger partial charge on any atom is -0.491 e. The molecule has 6 rings (SSSR count). The summed E-state index contributed by atoms with van der Waals surface area (Å²) in [6.07, 6.45) is -0.565. The predicted molar refractivity (Wildman–Crippen MR) is 177 cm³/mol. The normalized spacial score (nSPS) is 18.1. The first-order valence-electron chi connectivity index (χ1n) is 16.0. The Hall–Kier alpha value is -3.88. The van der Waals surface area contributed by atoms with E-state index >= 15 is 0 Å². The van der Waals surface area contributed by atoms with Crippen LogP contribution in [0.5, 0.6) is 17.2 Å². The number of aliphatic hydroxyl groups is 1. The summed E-state index contributed by atoms with van der Waals surface area (Å²) in [4.78, 5) is 0. The van der Waals surface area contributed by atoms with E-state index < -0.39 is 6.10 Å². The molecule has 2 aliphatic rings. The van der Waals surface area contributed by atoms with Gasteiger partial charge in [-0.15, -0.1) is 0 Å². The molecule has 0 saturated carbocycles. The van der Waals surface area contributed by atoms with Crippen molar-refractivity contribution in [3.8, 4) is 17.2 Å². The van der Waals surface area contributed by atoms with Crippen LogP contribution in [-0.2, 0) is 31.6 Å². The van der Waals surface area contributed by atoms with E-state index in [1.807, 2.05) is 36.4 Å². The van der Waals surface area contributed by atoms with E-state index in [1.165, 1.54) is 22.3 Å². The van der Waals surface area contributed by atoms with Crippen molar-refractivity contribution in [3.63, 3.8) is 0 Å². The van der Waals surface area contributed by atoms with E-state index in [0.29, 0.717) is 31.3 Å². The number of hydrogen-bond acceptors (Lipinski definition) is 7. The number of benzene rings is 4. The quantitative estimate of drug-likeness (QED) is 0.137. The molecule has 1 N–H and O–H groups in total. The van der Waals surface area contributed by atoms with Crippen LogP contribution in [0, 0.1) is 0 Å². The Kier molecular flexibility index (Phi) is 9.66. The van der Waals surface area contributed by atoms with Crippen LogP contribution in [0.4, 0.5) is 0 Å². The monoisotopic (exact) mass is 624 g/mol. The van der Waals surface area contributed by atoms with E-state index in [4.69, 9.17) is 28.4 Å². The van der Waals surface area contributed by atoms with Gasteiger partial charge in [-0.2, -0.15) is 0 Å². The lowest BCUT2D eigenvalue weighted by atomic mass is 9.78. The maximum atomic E-state index is 10.5. The summed E-state index contributed by atoms with van der Waals surface area (Å²) in [6, 6.07) is 32.9. The van der Waals surface area contributed by atoms with Gasteiger partial charge in [0, 0.05) is 10.8 Å². The highest BCUT2D eigenvalue weighted by Gasteiger charge is 2.26. The van der Waals surface area contributed by atoms with Crippen LogP contribution in [0.25, 0.3) is 0 Å². The molecule has 2 heterocycles. The molecule has 2 saturated heterocycles. The highest BCUT2D eigenvalue weighted by atomic mass is 16.8. The van der Waals surface area contributed by atoms with E-state index in [1.54, 1.807) is 0 Å². The van der Waals surface area contributed by atoms with Crippen LogP contribution in [0.1, 0.15) is 55.5 Å². The summed E-state index contributed by atoms with van der Waals surface area (Å²) < 4.78 is 33.5. The van der Waals surface area contributed by atoms with Crippen molar-refractivity contribution in [1.29, 1.82) is 0 Å². The highest BCUT2D eigenvalue weighted by molar-refractivity contribution is 5.43. The Morgan fingerprint density at radius 3 is 1.39 bits per heavy atom. The smallest absolute Gasteiger partial charge is 0.181 e. The van der Waals surface area contributed by atoms with Crippen molar-refractivity contribution in [2.45, 2.75) is 63.6 Å². The molecule has 3 unspecified atom stereocenters. The maximum Gasteiger partial charge on any atom is 0.181 e. The molecule has 46 heavy (non-hydrogen) atoms. The summed E-state index contributed by atoms with van der Waals surface area (Å²) in [5.74, 6) is 2.26. The molecule has 4 aromatic carbocycles. The van der Waals surface area contributed by atoms with Crippen LogP contribution in [-0.4, -0.2) is 56.6 Å². The van der Waals surface area contributed by atoms with Gasteiger partial charge in [-0.25, -0.2) is 0 Å². The topological polar surface area (TPSA) is 82.2 Å². The number of epoxide rings is 2. The van der Waals surface area contributed by atoms with Crippen molar-refractivity contribution < 1.29 is 33.5 Å². The average Bonchev–Trinajstić information content (AvgIpc) is 4.01. The molecule has 4 aromatic rings. The third-order valence-electron chi connectivity index (χ3n) is 8.87. The SMILES string of the molecule is CC(C)(c1ccc(COC2CO2)cc1)c1ccc(OCC(O)COc2ccc(C(C)(C)c3ccc(OCC4CO4)cc3)cc2)cc1. The van der Waals surface area contributed by atoms with Crippen molar-refractivity contribution >= 4 is 0 Å². The first-order valence-corrected chi connectivity index (χ1v) is 16.0. The van der Waals surface area contributed by atoms with E-state index in [-0.39, 0.29) is 36.4 Å². The molecule has 7 heteroatoms. The lowest BCUT2D eigenvalue weighted by molar-refractivity contribution is 0.0386. The third kappa shape index (κ3) is 8.28. The molecule has 3 atom stereocenters. The second-order valence-electron chi connectivity index (χ2n) is 13.1. The molecule has 2 fully saturated rings. The summed E-state index contributed by atoms with van der Waals surface area (Å²) in [6.45, 7) is 11.7. The second kappa shape index (κ2) is 13.9. The highest BCUT2D eigenvalue weighted by Crippen LogP contribution is 2.34. The van der Waals surface area contributed by atoms with Crippen LogP contribution < -0.4 is 14.2 Å². The lowest BCUT2D eigenvalue weighted by Gasteiger charge is -2.27. The van der Waals surface area contributed by atoms with Gasteiger partial charge < -0.3 is 33.5 Å². The van der Waals surface area contributed by atoms with Crippen LogP contribution in [0.3, 0.4) is 0 Å². The fraction of sp³-hybridized carbons (Fsp3) is 0.385. The standard InChI is InChI=1S/C39H44O7/c1-38(2,28-7-5-27(6-8-28)21-45-37-26-46-37)29-9-15-33(16-10-29)41-22-32(40)23-42-34-17-11-30(12-18-34)39(3,4)31-13-19-35(20-14-31)43-24-36-25-44-36/h5-20,32,36-37,40H,21-26H2,1-4H3. The Labute approximate surface area is 272 Å². The van der Waals surface area contributed by atoms with Gasteiger partial charge in [0.15, 0.2) is 6.29 Å². The fourth-order valence-electron chi connectivity index (χ4n) is 5.37. The molecule has 0 aliphatic carbocycles. The first kappa shape index (κ1) is 32.1. The molecule has 7 nitrogen and oxygen atoms in total. The fourth-order valence-corrected chi connectivity index (χ4v) is 5.37. The largest absolute Gasteiger partial charge is 0.491 e. The Morgan fingerprint density at radius 2 is 1.00 bits per heavy atom. The summed E-state index contributed by atoms with van der Waals surface area (Å²) >= 11 is 0. The molecule has 0 amide bonds. The van der Waals surface area contributed by atoms with Gasteiger partial charge in [-0.1, -0.05) is 88.4 Å². The van der Waals surface area contributed by atoms with Crippen molar-refractivity contribution in [2.24, 2.45) is 0 Å². The zero-order valence-corrected chi connectivity index (χ0v) is 27.1. The van der Waals surface area contributed by atoms with Crippen molar-refractivity contribution in [3.05, 3.63) is 125 Å². The van der Waals surface area contributed by atoms with Crippen LogP contribution in [0.2, 0.25) is 0 Å². The van der Waals surface area contributed by atoms with Gasteiger partial charge in [-0.05, 0) is 64.2 Å². The summed E-state index contributed by atoms with van der Waals surface area (Å²) in [5.41, 5.74) is 5.51. The van der Waals surface area contributed by atoms with Crippen LogP contribution >= 0.6 is 0 Å². The third-order valence-corrected chi connectivity index (χ3v) is 8.87. The van der Waals surface area contributed by atoms with Crippen molar-refractivity contribution in [2.75, 3.05) is 33.0 Å². The number of rotatable bonds is 16. The maximum absolute atomic E-state index is 10.5. The Balaban J connectivity index is 0.952. The van der Waals surface area contributed by atoms with E-state index in [2.05, 4.69) is 88.4 Å². The molecule has 0 bridgehead atoms. The van der Waals surface area contributed by atoms with E-state index in [0.717, 1.165) is 17.9 Å². The zero-order valence-electron chi connectivity index (χ0n) is 27.1. The van der Waals surface area contributed by atoms with Crippen molar-refractivity contribution in [1.82, 2.24) is 0 Å². The van der Waals surface area contributed by atoms with Gasteiger partial charge in [-0.3, -0.25) is 0 Å². The van der Waals surface area contributed by atoms with Gasteiger partial charge >= 0.3 is 0 Å². The minimum absolute atomic E-state index is 0.0367. The molecule has 242 valence electrons. The Morgan fingerprint density at radius 1 is 0.609 bits per heavy atom. The first-order chi connectivity index (χ1) is 22.2. The predicted octanol–water partition coefficient (Wildman–Crippen LogP) is 6.81. The van der Waals surface area contributed by atoms with Crippen LogP contribution in [0.15, 0.2) is 97.1 Å². The molecule has 0 radical (unpaired) electrons. The molecule has 0 aromatic heterocycles. The lowest BCUT2D eigenvalue weighted by Crippen LogP contribution is -2.25. The number of ether oxygens (including phenoxy) is 6. The summed E-state index contributed by atoms with van der Waals surface area (Å²) in [7, 11) is 0. The number of hydrogen-bond donors (Lipinski definition) is 1. The molecular formula is C39H44O7. The average molecular weight is 625 g/mol. The van der Waals surface area contributed by atoms with Gasteiger partial charge in [0.1, 0.15) is 55.9 Å². The molecule has 0 spiro atoms. The van der Waals surface area contributed by atoms with Gasteiger partial charge in [0.25, 0.3) is 0 Å². The van der Waals surface area contributed by atoms with E-state index in [9.17, 15) is 5.11 Å². The number of aliphatic hydroxyl groups excluding tert-OH is 1. The minimum atomic E-state index is -0.770. The molecule has 2 aliphatic heterocycles. The van der Waals surface area contributed by atoms with Gasteiger partial charge in [0.05, 0.1) is 13.2 Å². The second-order valence-corrected chi connectivity index (χ2v) is 13.1. The van der Waals surface area contributed by atoms with Gasteiger partial charge in [0.2, 0.25) is 0 Å². The zero-order chi connectivity index (χ0) is 32.1. The Bertz CT molecular complexity index is 1420. The summed E-state index contributed by atoms with van der Waals surface area (Å²) in [5, 5.41) is 10.5. The molecular weight excluding hydrogens is 580 g/mol.